The number of anilines is 1. The fraction of sp³-hybridized carbons (Fsp3) is 0.278. The molecule has 0 bridgehead atoms. The Kier molecular flexibility index (Phi) is 5.37. The second-order valence-corrected chi connectivity index (χ2v) is 7.08. The van der Waals surface area contributed by atoms with E-state index in [1.54, 1.807) is 22.8 Å². The van der Waals surface area contributed by atoms with Crippen LogP contribution in [0.3, 0.4) is 0 Å². The first-order chi connectivity index (χ1) is 12.1. The number of nitrogens with zero attached hydrogens (tertiary/aromatic N) is 1. The lowest BCUT2D eigenvalue weighted by Gasteiger charge is -2.12. The van der Waals surface area contributed by atoms with Gasteiger partial charge in [0.05, 0.1) is 16.8 Å². The summed E-state index contributed by atoms with van der Waals surface area (Å²) in [5, 5.41) is 13.8. The molecule has 1 N–H and O–H groups in total. The van der Waals surface area contributed by atoms with Gasteiger partial charge < -0.3 is 10.1 Å². The van der Waals surface area contributed by atoms with Gasteiger partial charge in [0.1, 0.15) is 6.07 Å². The van der Waals surface area contributed by atoms with Gasteiger partial charge >= 0.3 is 5.97 Å². The fourth-order valence-electron chi connectivity index (χ4n) is 2.78. The first-order valence-electron chi connectivity index (χ1n) is 7.84. The summed E-state index contributed by atoms with van der Waals surface area (Å²) in [7, 11) is 0. The topological polar surface area (TPSA) is 79.2 Å². The molecule has 2 aromatic rings. The Hall–Kier alpha value is -2.36. The molecule has 7 heteroatoms. The Bertz CT molecular complexity index is 870. The third-order valence-corrected chi connectivity index (χ3v) is 5.32. The Balaban J connectivity index is 1.61. The molecule has 0 aliphatic heterocycles. The van der Waals surface area contributed by atoms with Gasteiger partial charge in [0.15, 0.2) is 6.61 Å². The summed E-state index contributed by atoms with van der Waals surface area (Å²) in [5.74, 6) is -1.00. The molecule has 1 aliphatic carbocycles. The number of benzene rings is 1. The van der Waals surface area contributed by atoms with Crippen molar-refractivity contribution in [3.05, 3.63) is 50.2 Å². The van der Waals surface area contributed by atoms with E-state index >= 15 is 0 Å². The molecule has 1 heterocycles. The van der Waals surface area contributed by atoms with Crippen molar-refractivity contribution in [1.29, 1.82) is 5.26 Å². The highest BCUT2D eigenvalue weighted by molar-refractivity contribution is 7.10. The molecule has 0 radical (unpaired) electrons. The number of amides is 1. The van der Waals surface area contributed by atoms with Gasteiger partial charge in [-0.3, -0.25) is 4.79 Å². The molecule has 0 saturated carbocycles. The summed E-state index contributed by atoms with van der Waals surface area (Å²) in [6.45, 7) is -0.416. The maximum atomic E-state index is 12.2. The van der Waals surface area contributed by atoms with Crippen LogP contribution in [0.15, 0.2) is 23.6 Å². The molecule has 1 aromatic heterocycles. The van der Waals surface area contributed by atoms with Crippen LogP contribution in [-0.2, 0) is 22.4 Å². The molecule has 5 nitrogen and oxygen atoms in total. The Morgan fingerprint density at radius 3 is 2.92 bits per heavy atom. The number of thiophene rings is 1. The van der Waals surface area contributed by atoms with E-state index in [0.29, 0.717) is 16.3 Å². The van der Waals surface area contributed by atoms with Gasteiger partial charge in [-0.1, -0.05) is 11.6 Å². The van der Waals surface area contributed by atoms with Crippen LogP contribution in [0.1, 0.15) is 39.2 Å². The predicted octanol–water partition coefficient (Wildman–Crippen LogP) is 3.95. The number of halogens is 1. The first-order valence-corrected chi connectivity index (χ1v) is 9.10. The molecule has 128 valence electrons. The number of hydrogen-bond acceptors (Lipinski definition) is 5. The molecule has 25 heavy (non-hydrogen) atoms. The van der Waals surface area contributed by atoms with Gasteiger partial charge in [-0.15, -0.1) is 11.3 Å². The normalized spacial score (nSPS) is 12.8. The molecule has 0 atom stereocenters. The van der Waals surface area contributed by atoms with E-state index in [0.717, 1.165) is 31.2 Å². The number of fused-ring (bicyclic) bond motifs is 1. The van der Waals surface area contributed by atoms with Crippen LogP contribution in [0.4, 0.5) is 5.69 Å². The lowest BCUT2D eigenvalue weighted by molar-refractivity contribution is -0.119. The molecule has 3 rings (SSSR count). The average molecular weight is 375 g/mol. The van der Waals surface area contributed by atoms with E-state index in [9.17, 15) is 9.59 Å². The standard InChI is InChI=1S/C18H15ClN2O3S/c19-12-6-5-11(8-20)15(7-12)21-17(22)9-24-18(23)14-10-25-16-4-2-1-3-13(14)16/h5-7,10H,1-4,9H2,(H,21,22). The van der Waals surface area contributed by atoms with Crippen molar-refractivity contribution in [3.8, 4) is 6.07 Å². The minimum atomic E-state index is -0.517. The van der Waals surface area contributed by atoms with E-state index in [1.165, 1.54) is 17.0 Å². The largest absolute Gasteiger partial charge is 0.452 e. The Morgan fingerprint density at radius 1 is 1.32 bits per heavy atom. The summed E-state index contributed by atoms with van der Waals surface area (Å²) >= 11 is 7.45. The SMILES string of the molecule is N#Cc1ccc(Cl)cc1NC(=O)COC(=O)c1csc2c1CCCC2. The second kappa shape index (κ2) is 7.68. The van der Waals surface area contributed by atoms with E-state index in [-0.39, 0.29) is 5.56 Å². The van der Waals surface area contributed by atoms with Gasteiger partial charge in [-0.2, -0.15) is 5.26 Å². The van der Waals surface area contributed by atoms with Crippen molar-refractivity contribution in [1.82, 2.24) is 0 Å². The summed E-state index contributed by atoms with van der Waals surface area (Å²) in [5.41, 5.74) is 2.20. The van der Waals surface area contributed by atoms with Crippen LogP contribution in [0.25, 0.3) is 0 Å². The van der Waals surface area contributed by atoms with Crippen molar-refractivity contribution in [3.63, 3.8) is 0 Å². The fourth-order valence-corrected chi connectivity index (χ4v) is 4.06. The van der Waals surface area contributed by atoms with Crippen molar-refractivity contribution < 1.29 is 14.3 Å². The molecule has 0 fully saturated rings. The van der Waals surface area contributed by atoms with Gasteiger partial charge in [-0.25, -0.2) is 4.79 Å². The highest BCUT2D eigenvalue weighted by atomic mass is 35.5. The minimum absolute atomic E-state index is 0.288. The van der Waals surface area contributed by atoms with Crippen molar-refractivity contribution in [2.75, 3.05) is 11.9 Å². The maximum absolute atomic E-state index is 12.2. The summed E-state index contributed by atoms with van der Waals surface area (Å²) < 4.78 is 5.13. The number of rotatable bonds is 4. The second-order valence-electron chi connectivity index (χ2n) is 5.68. The van der Waals surface area contributed by atoms with Gasteiger partial charge in [-0.05, 0) is 49.4 Å². The van der Waals surface area contributed by atoms with E-state index < -0.39 is 18.5 Å². The molecule has 0 spiro atoms. The molecular weight excluding hydrogens is 360 g/mol. The smallest absolute Gasteiger partial charge is 0.339 e. The third-order valence-electron chi connectivity index (χ3n) is 3.99. The number of ether oxygens (including phenoxy) is 1. The molecule has 1 amide bonds. The summed E-state index contributed by atoms with van der Waals surface area (Å²) in [4.78, 5) is 25.5. The minimum Gasteiger partial charge on any atom is -0.452 e. The van der Waals surface area contributed by atoms with Gasteiger partial charge in [0.2, 0.25) is 0 Å². The molecule has 1 aliphatic rings. The van der Waals surface area contributed by atoms with Gasteiger partial charge in [0, 0.05) is 15.3 Å². The zero-order valence-corrected chi connectivity index (χ0v) is 14.9. The number of nitriles is 1. The molecular formula is C18H15ClN2O3S. The molecule has 0 unspecified atom stereocenters. The first kappa shape index (κ1) is 17.5. The quantitative estimate of drug-likeness (QED) is 0.822. The monoisotopic (exact) mass is 374 g/mol. The zero-order valence-electron chi connectivity index (χ0n) is 13.3. The zero-order chi connectivity index (χ0) is 17.8. The number of aryl methyl sites for hydroxylation is 1. The van der Waals surface area contributed by atoms with Crippen molar-refractivity contribution in [2.24, 2.45) is 0 Å². The summed E-state index contributed by atoms with van der Waals surface area (Å²) in [6.07, 6.45) is 4.09. The lowest BCUT2D eigenvalue weighted by Crippen LogP contribution is -2.21. The lowest BCUT2D eigenvalue weighted by atomic mass is 9.96. The van der Waals surface area contributed by atoms with Crippen LogP contribution < -0.4 is 5.32 Å². The Morgan fingerprint density at radius 2 is 2.12 bits per heavy atom. The number of nitrogens with one attached hydrogen (secondary N) is 1. The van der Waals surface area contributed by atoms with Crippen LogP contribution in [0, 0.1) is 11.3 Å². The Labute approximate surface area is 154 Å². The maximum Gasteiger partial charge on any atom is 0.339 e. The van der Waals surface area contributed by atoms with E-state index in [4.69, 9.17) is 21.6 Å². The van der Waals surface area contributed by atoms with Crippen molar-refractivity contribution >= 4 is 40.5 Å². The van der Waals surface area contributed by atoms with Gasteiger partial charge in [0.25, 0.3) is 5.91 Å². The van der Waals surface area contributed by atoms with Crippen molar-refractivity contribution in [2.45, 2.75) is 25.7 Å². The highest BCUT2D eigenvalue weighted by Crippen LogP contribution is 2.30. The average Bonchev–Trinajstić information content (AvgIpc) is 3.04. The summed E-state index contributed by atoms with van der Waals surface area (Å²) in [6, 6.07) is 6.53. The molecule has 0 saturated heterocycles. The molecule has 1 aromatic carbocycles. The van der Waals surface area contributed by atoms with Crippen LogP contribution in [0.5, 0.6) is 0 Å². The van der Waals surface area contributed by atoms with E-state index in [1.807, 2.05) is 6.07 Å². The number of carbonyl (C=O) groups excluding carboxylic acids is 2. The highest BCUT2D eigenvalue weighted by Gasteiger charge is 2.21. The van der Waals surface area contributed by atoms with Crippen LogP contribution >= 0.6 is 22.9 Å². The third kappa shape index (κ3) is 4.01. The predicted molar refractivity (Wildman–Crippen MR) is 96.0 cm³/mol. The number of esters is 1. The number of hydrogen-bond donors (Lipinski definition) is 1. The number of carbonyl (C=O) groups is 2. The van der Waals surface area contributed by atoms with Crippen LogP contribution in [-0.4, -0.2) is 18.5 Å². The van der Waals surface area contributed by atoms with E-state index in [2.05, 4.69) is 5.32 Å². The van der Waals surface area contributed by atoms with Crippen LogP contribution in [0.2, 0.25) is 5.02 Å².